The Balaban J connectivity index is 1.11. The predicted octanol–water partition coefficient (Wildman–Crippen LogP) is 6.22. The Morgan fingerprint density at radius 3 is 2.11 bits per heavy atom. The summed E-state index contributed by atoms with van der Waals surface area (Å²) >= 11 is 2.53. The summed E-state index contributed by atoms with van der Waals surface area (Å²) < 4.78 is 14.2. The fourth-order valence-electron chi connectivity index (χ4n) is 6.64. The summed E-state index contributed by atoms with van der Waals surface area (Å²) in [4.78, 5) is 50.9. The average Bonchev–Trinajstić information content (AvgIpc) is 3.66. The van der Waals surface area contributed by atoms with Gasteiger partial charge in [-0.3, -0.25) is 14.4 Å². The monoisotopic (exact) mass is 747 g/mol. The molecule has 0 radical (unpaired) electrons. The van der Waals surface area contributed by atoms with Gasteiger partial charge in [-0.05, 0) is 22.8 Å². The van der Waals surface area contributed by atoms with E-state index in [-0.39, 0.29) is 29.3 Å². The molecule has 7 rings (SSSR count). The summed E-state index contributed by atoms with van der Waals surface area (Å²) in [6, 6.07) is 35.2. The van der Waals surface area contributed by atoms with E-state index in [1.807, 2.05) is 54.6 Å². The Hall–Kier alpha value is -5.79. The Kier molecular flexibility index (Phi) is 10.1. The maximum absolute atomic E-state index is 14.2. The molecule has 53 heavy (non-hydrogen) atoms. The second-order valence-corrected chi connectivity index (χ2v) is 14.5. The first-order chi connectivity index (χ1) is 25.8. The molecule has 13 heteroatoms. The molecule has 0 aliphatic carbocycles. The molecule has 2 aliphatic heterocycles. The van der Waals surface area contributed by atoms with E-state index in [0.717, 1.165) is 16.7 Å². The highest BCUT2D eigenvalue weighted by Crippen LogP contribution is 2.44. The lowest BCUT2D eigenvalue weighted by Crippen LogP contribution is -2.73. The highest BCUT2D eigenvalue weighted by Gasteiger charge is 2.57. The van der Waals surface area contributed by atoms with E-state index >= 15 is 0 Å². The van der Waals surface area contributed by atoms with Gasteiger partial charge in [-0.15, -0.1) is 23.1 Å². The molecule has 0 bridgehead atoms. The average molecular weight is 748 g/mol. The molecule has 268 valence electrons. The molecule has 3 N–H and O–H groups in total. The molecule has 2 fully saturated rings. The number of thiazole rings is 1. The summed E-state index contributed by atoms with van der Waals surface area (Å²) in [6.07, 6.45) is 2.87. The summed E-state index contributed by atoms with van der Waals surface area (Å²) in [7, 11) is 1.32. The van der Waals surface area contributed by atoms with Crippen LogP contribution < -0.4 is 10.6 Å². The lowest BCUT2D eigenvalue weighted by atomic mass is 9.77. The highest BCUT2D eigenvalue weighted by molar-refractivity contribution is 8.00. The quantitative estimate of drug-likeness (QED) is 0.0594. The van der Waals surface area contributed by atoms with Gasteiger partial charge in [0.15, 0.2) is 10.8 Å². The van der Waals surface area contributed by atoms with Crippen LogP contribution in [0, 0.1) is 11.2 Å². The highest BCUT2D eigenvalue weighted by atomic mass is 32.2. The Labute approximate surface area is 313 Å². The Morgan fingerprint density at radius 1 is 0.962 bits per heavy atom. The zero-order valence-electron chi connectivity index (χ0n) is 28.4. The molecule has 1 aromatic heterocycles. The number of β-lactam (4-membered cyclic amide) rings is 1. The number of aliphatic carboxylic acids is 1. The van der Waals surface area contributed by atoms with E-state index in [0.29, 0.717) is 5.13 Å². The summed E-state index contributed by atoms with van der Waals surface area (Å²) in [5.74, 6) is -2.60. The summed E-state index contributed by atoms with van der Waals surface area (Å²) in [6.45, 7) is -0.123. The number of oxime groups is 1. The number of carboxylic acid groups (broad SMARTS) is 1. The number of nitrogens with one attached hydrogen (secondary N) is 2. The zero-order chi connectivity index (χ0) is 37.0. The molecule has 10 nitrogen and oxygen atoms in total. The van der Waals surface area contributed by atoms with E-state index in [4.69, 9.17) is 9.82 Å². The van der Waals surface area contributed by atoms with Gasteiger partial charge in [0.05, 0.1) is 0 Å². The number of anilines is 1. The van der Waals surface area contributed by atoms with E-state index in [1.54, 1.807) is 23.6 Å². The van der Waals surface area contributed by atoms with Crippen molar-refractivity contribution in [1.29, 1.82) is 0 Å². The molecule has 2 amide bonds. The largest absolute Gasteiger partial charge is 0.481 e. The van der Waals surface area contributed by atoms with Gasteiger partial charge in [0, 0.05) is 23.2 Å². The smallest absolute Gasteiger partial charge is 0.316 e. The van der Waals surface area contributed by atoms with Crippen molar-refractivity contribution in [1.82, 2.24) is 15.2 Å². The Bertz CT molecular complexity index is 2090. The lowest BCUT2D eigenvalue weighted by molar-refractivity contribution is -0.155. The number of benzene rings is 4. The maximum Gasteiger partial charge on any atom is 0.316 e. The molecule has 0 spiro atoms. The lowest BCUT2D eigenvalue weighted by Gasteiger charge is -2.53. The second-order valence-electron chi connectivity index (χ2n) is 12.6. The van der Waals surface area contributed by atoms with Gasteiger partial charge < -0.3 is 25.5 Å². The standard InChI is InChI=1S/C40H34FN5O5S2/c1-51-45-32(34(47)43-33-35(48)46-24-39(37(49)50,25-53-36(33)46)22-21-26-13-11-12-20-30(26)41)31-23-52-38(42-31)44-40(27-14-5-2-6-15-27,28-16-7-3-8-17-28)29-18-9-4-10-19-29/h2-23,33,36H,24-25H2,1H3,(H,42,44)(H,43,47)(H,49,50)/t33?,36-,39?/m1/s1. The maximum atomic E-state index is 14.2. The summed E-state index contributed by atoms with van der Waals surface area (Å²) in [5.41, 5.74) is 1.01. The molecular formula is C40H34FN5O5S2. The van der Waals surface area contributed by atoms with Crippen LogP contribution in [-0.2, 0) is 24.8 Å². The number of halogens is 1. The van der Waals surface area contributed by atoms with Gasteiger partial charge in [0.2, 0.25) is 5.91 Å². The molecule has 3 atom stereocenters. The molecular weight excluding hydrogens is 714 g/mol. The number of amides is 2. The molecule has 2 saturated heterocycles. The number of hydrogen-bond acceptors (Lipinski definition) is 9. The van der Waals surface area contributed by atoms with Crippen LogP contribution in [0.2, 0.25) is 0 Å². The third kappa shape index (κ3) is 6.80. The third-order valence-corrected chi connectivity index (χ3v) is 11.7. The van der Waals surface area contributed by atoms with Gasteiger partial charge >= 0.3 is 5.97 Å². The van der Waals surface area contributed by atoms with Crippen LogP contribution in [0.4, 0.5) is 9.52 Å². The molecule has 2 aliphatic rings. The van der Waals surface area contributed by atoms with Crippen molar-refractivity contribution in [3.63, 3.8) is 0 Å². The van der Waals surface area contributed by atoms with Crippen LogP contribution in [0.15, 0.2) is 132 Å². The first-order valence-electron chi connectivity index (χ1n) is 16.7. The predicted molar refractivity (Wildman–Crippen MR) is 204 cm³/mol. The third-order valence-electron chi connectivity index (χ3n) is 9.36. The van der Waals surface area contributed by atoms with E-state index < -0.39 is 46.0 Å². The molecule has 2 unspecified atom stereocenters. The molecule has 4 aromatic carbocycles. The molecule has 3 heterocycles. The fourth-order valence-corrected chi connectivity index (χ4v) is 8.91. The van der Waals surface area contributed by atoms with Gasteiger partial charge in [0.25, 0.3) is 5.91 Å². The van der Waals surface area contributed by atoms with Crippen LogP contribution in [0.3, 0.4) is 0 Å². The van der Waals surface area contributed by atoms with Gasteiger partial charge in [-0.1, -0.05) is 127 Å². The number of carbonyl (C=O) groups excluding carboxylic acids is 2. The van der Waals surface area contributed by atoms with Crippen LogP contribution in [0.1, 0.15) is 27.9 Å². The van der Waals surface area contributed by atoms with Crippen molar-refractivity contribution >= 4 is 57.8 Å². The minimum Gasteiger partial charge on any atom is -0.481 e. The van der Waals surface area contributed by atoms with Crippen molar-refractivity contribution in [3.05, 3.63) is 160 Å². The number of aromatic nitrogens is 1. The summed E-state index contributed by atoms with van der Waals surface area (Å²) in [5, 5.41) is 22.3. The van der Waals surface area contributed by atoms with Crippen molar-refractivity contribution < 1.29 is 28.7 Å². The van der Waals surface area contributed by atoms with Crippen molar-refractivity contribution in [2.75, 3.05) is 24.7 Å². The number of rotatable bonds is 12. The first-order valence-corrected chi connectivity index (χ1v) is 18.6. The number of carboxylic acids is 1. The van der Waals surface area contributed by atoms with Crippen LogP contribution in [0.5, 0.6) is 0 Å². The topological polar surface area (TPSA) is 133 Å². The normalized spacial score (nSPS) is 20.0. The van der Waals surface area contributed by atoms with Crippen LogP contribution in [-0.4, -0.2) is 69.3 Å². The fraction of sp³-hybridized carbons (Fsp3) is 0.175. The van der Waals surface area contributed by atoms with Gasteiger partial charge in [-0.2, -0.15) is 0 Å². The number of nitrogens with zero attached hydrogens (tertiary/aromatic N) is 3. The van der Waals surface area contributed by atoms with Gasteiger partial charge in [0.1, 0.15) is 41.0 Å². The Morgan fingerprint density at radius 2 is 1.55 bits per heavy atom. The second kappa shape index (κ2) is 15.1. The minimum absolute atomic E-state index is 0.111. The SMILES string of the molecule is CON=C(C(=O)NC1C(=O)N2CC(C=Cc3ccccc3F)(C(=O)O)CS[C@H]12)c1csc(NC(c2ccccc2)(c2ccccc2)c2ccccc2)n1. The van der Waals surface area contributed by atoms with Crippen LogP contribution in [0.25, 0.3) is 6.08 Å². The van der Waals surface area contributed by atoms with Crippen molar-refractivity contribution in [2.45, 2.75) is 17.0 Å². The van der Waals surface area contributed by atoms with E-state index in [2.05, 4.69) is 52.2 Å². The van der Waals surface area contributed by atoms with E-state index in [1.165, 1.54) is 53.3 Å². The zero-order valence-corrected chi connectivity index (χ0v) is 30.0. The first kappa shape index (κ1) is 35.6. The molecule has 5 aromatic rings. The van der Waals surface area contributed by atoms with E-state index in [9.17, 15) is 23.9 Å². The van der Waals surface area contributed by atoms with Crippen molar-refractivity contribution in [2.24, 2.45) is 10.6 Å². The number of thioether (sulfide) groups is 1. The van der Waals surface area contributed by atoms with Crippen molar-refractivity contribution in [3.8, 4) is 0 Å². The molecule has 0 saturated carbocycles. The van der Waals surface area contributed by atoms with Crippen LogP contribution >= 0.6 is 23.1 Å². The number of carbonyl (C=O) groups is 3. The van der Waals surface area contributed by atoms with Gasteiger partial charge in [-0.25, -0.2) is 9.37 Å². The minimum atomic E-state index is -1.44. The number of fused-ring (bicyclic) bond motifs is 1. The number of hydrogen-bond donors (Lipinski definition) is 3.